The Morgan fingerprint density at radius 2 is 1.76 bits per heavy atom. The van der Waals surface area contributed by atoms with E-state index in [0.29, 0.717) is 0 Å². The minimum atomic E-state index is 0.794. The van der Waals surface area contributed by atoms with Crippen molar-refractivity contribution in [1.82, 2.24) is 35.0 Å². The van der Waals surface area contributed by atoms with E-state index >= 15 is 0 Å². The van der Waals surface area contributed by atoms with Gasteiger partial charge in [0.25, 0.3) is 0 Å². The number of rotatable bonds is 5. The highest BCUT2D eigenvalue weighted by Crippen LogP contribution is 2.34. The summed E-state index contributed by atoms with van der Waals surface area (Å²) in [5, 5.41) is 8.85. The second-order valence-corrected chi connectivity index (χ2v) is 8.68. The highest BCUT2D eigenvalue weighted by molar-refractivity contribution is 6.00. The zero-order valence-corrected chi connectivity index (χ0v) is 18.9. The minimum Gasteiger partial charge on any atom is -0.353 e. The Bertz CT molecular complexity index is 1610. The number of hydrogen-bond donors (Lipinski definition) is 2. The number of nitrogens with zero attached hydrogens (tertiary/aromatic N) is 5. The van der Waals surface area contributed by atoms with Gasteiger partial charge < -0.3 is 9.88 Å². The molecule has 0 fully saturated rings. The number of nitrogens with one attached hydrogen (secondary N) is 2. The molecule has 5 aromatic heterocycles. The highest BCUT2D eigenvalue weighted by Gasteiger charge is 2.15. The lowest BCUT2D eigenvalue weighted by Crippen LogP contribution is -2.10. The number of H-pyrrole nitrogens is 2. The van der Waals surface area contributed by atoms with E-state index in [1.165, 1.54) is 0 Å². The van der Waals surface area contributed by atoms with E-state index in [9.17, 15) is 0 Å². The molecular formula is C27H23N7. The van der Waals surface area contributed by atoms with Crippen LogP contribution in [0.1, 0.15) is 5.56 Å². The van der Waals surface area contributed by atoms with Gasteiger partial charge in [-0.1, -0.05) is 18.2 Å². The highest BCUT2D eigenvalue weighted by atomic mass is 15.1. The summed E-state index contributed by atoms with van der Waals surface area (Å²) in [7, 11) is 4.10. The van der Waals surface area contributed by atoms with Gasteiger partial charge in [-0.15, -0.1) is 0 Å². The van der Waals surface area contributed by atoms with Gasteiger partial charge in [0.15, 0.2) is 0 Å². The predicted molar refractivity (Wildman–Crippen MR) is 135 cm³/mol. The first-order chi connectivity index (χ1) is 16.7. The number of aromatic amines is 2. The first-order valence-electron chi connectivity index (χ1n) is 11.1. The Kier molecular flexibility index (Phi) is 4.89. The minimum absolute atomic E-state index is 0.794. The van der Waals surface area contributed by atoms with Crippen LogP contribution in [0.4, 0.5) is 0 Å². The molecule has 5 heterocycles. The molecule has 0 aliphatic heterocycles. The van der Waals surface area contributed by atoms with Gasteiger partial charge in [0.05, 0.1) is 16.9 Å². The van der Waals surface area contributed by atoms with E-state index in [4.69, 9.17) is 4.98 Å². The van der Waals surface area contributed by atoms with Crippen LogP contribution in [0.3, 0.4) is 0 Å². The number of hydrogen-bond acceptors (Lipinski definition) is 5. The molecule has 7 heteroatoms. The van der Waals surface area contributed by atoms with Crippen molar-refractivity contribution in [2.45, 2.75) is 6.54 Å². The van der Waals surface area contributed by atoms with Gasteiger partial charge in [0.1, 0.15) is 11.2 Å². The van der Waals surface area contributed by atoms with Crippen molar-refractivity contribution >= 4 is 21.9 Å². The summed E-state index contributed by atoms with van der Waals surface area (Å²) >= 11 is 0. The van der Waals surface area contributed by atoms with E-state index in [-0.39, 0.29) is 0 Å². The molecule has 0 aliphatic carbocycles. The number of benzene rings is 1. The largest absolute Gasteiger partial charge is 0.353 e. The number of aromatic nitrogens is 6. The van der Waals surface area contributed by atoms with E-state index in [1.54, 1.807) is 6.20 Å². The van der Waals surface area contributed by atoms with Crippen LogP contribution < -0.4 is 0 Å². The molecule has 7 nitrogen and oxygen atoms in total. The van der Waals surface area contributed by atoms with Crippen LogP contribution in [-0.2, 0) is 6.54 Å². The number of fused-ring (bicyclic) bond motifs is 2. The summed E-state index contributed by atoms with van der Waals surface area (Å²) in [6, 6.07) is 18.6. The van der Waals surface area contributed by atoms with Crippen LogP contribution in [-0.4, -0.2) is 49.1 Å². The van der Waals surface area contributed by atoms with Crippen molar-refractivity contribution in [2.24, 2.45) is 0 Å². The first-order valence-corrected chi connectivity index (χ1v) is 11.1. The fourth-order valence-electron chi connectivity index (χ4n) is 4.38. The monoisotopic (exact) mass is 445 g/mol. The normalized spacial score (nSPS) is 11.6. The van der Waals surface area contributed by atoms with Gasteiger partial charge in [0, 0.05) is 53.4 Å². The van der Waals surface area contributed by atoms with E-state index in [1.807, 2.05) is 36.8 Å². The molecule has 0 spiro atoms. The topological polar surface area (TPSA) is 86.4 Å². The maximum absolute atomic E-state index is 4.98. The summed E-state index contributed by atoms with van der Waals surface area (Å²) in [6.07, 6.45) is 7.43. The number of pyridine rings is 3. The summed E-state index contributed by atoms with van der Waals surface area (Å²) in [6.45, 7) is 0.828. The first kappa shape index (κ1) is 20.3. The van der Waals surface area contributed by atoms with Crippen LogP contribution in [0.25, 0.3) is 55.7 Å². The lowest BCUT2D eigenvalue weighted by molar-refractivity contribution is 0.402. The van der Waals surface area contributed by atoms with Gasteiger partial charge in [-0.2, -0.15) is 5.10 Å². The van der Waals surface area contributed by atoms with Gasteiger partial charge in [0.2, 0.25) is 0 Å². The molecule has 34 heavy (non-hydrogen) atoms. The van der Waals surface area contributed by atoms with Gasteiger partial charge >= 0.3 is 0 Å². The SMILES string of the molecule is CN(C)Cc1cncc(-c2ccc3[nH]nc(-c4cc5c(-c6cccnc6)cccc5[nH]4)c3n2)c1. The molecule has 0 saturated heterocycles. The fraction of sp³-hybridized carbons (Fsp3) is 0.111. The average molecular weight is 446 g/mol. The zero-order valence-electron chi connectivity index (χ0n) is 18.9. The zero-order chi connectivity index (χ0) is 23.1. The van der Waals surface area contributed by atoms with Crippen LogP contribution >= 0.6 is 0 Å². The third-order valence-corrected chi connectivity index (χ3v) is 5.89. The molecule has 0 bridgehead atoms. The van der Waals surface area contributed by atoms with Crippen LogP contribution in [0.15, 0.2) is 79.4 Å². The molecule has 0 atom stereocenters. The molecule has 0 amide bonds. The third-order valence-electron chi connectivity index (χ3n) is 5.89. The van der Waals surface area contributed by atoms with Gasteiger partial charge in [-0.3, -0.25) is 15.1 Å². The molecule has 0 radical (unpaired) electrons. The second kappa shape index (κ2) is 8.20. The van der Waals surface area contributed by atoms with Crippen LogP contribution in [0.5, 0.6) is 0 Å². The molecular weight excluding hydrogens is 422 g/mol. The summed E-state index contributed by atoms with van der Waals surface area (Å²) in [5.74, 6) is 0. The molecule has 6 aromatic rings. The molecule has 0 aliphatic rings. The Balaban J connectivity index is 1.45. The van der Waals surface area contributed by atoms with Crippen molar-refractivity contribution < 1.29 is 0 Å². The van der Waals surface area contributed by atoms with Gasteiger partial charge in [-0.25, -0.2) is 4.98 Å². The lowest BCUT2D eigenvalue weighted by atomic mass is 10.0. The Morgan fingerprint density at radius 1 is 0.853 bits per heavy atom. The van der Waals surface area contributed by atoms with Crippen molar-refractivity contribution in [3.8, 4) is 33.8 Å². The van der Waals surface area contributed by atoms with E-state index in [2.05, 4.69) is 80.5 Å². The van der Waals surface area contributed by atoms with Crippen molar-refractivity contribution in [1.29, 1.82) is 0 Å². The Morgan fingerprint density at radius 3 is 2.62 bits per heavy atom. The Hall–Kier alpha value is -4.36. The van der Waals surface area contributed by atoms with Crippen molar-refractivity contribution in [3.63, 3.8) is 0 Å². The molecule has 2 N–H and O–H groups in total. The van der Waals surface area contributed by atoms with Crippen LogP contribution in [0, 0.1) is 0 Å². The molecule has 1 aromatic carbocycles. The summed E-state index contributed by atoms with van der Waals surface area (Å²) in [4.78, 5) is 19.3. The Labute approximate surface area is 196 Å². The van der Waals surface area contributed by atoms with E-state index < -0.39 is 0 Å². The molecule has 0 saturated carbocycles. The van der Waals surface area contributed by atoms with Crippen molar-refractivity contribution in [3.05, 3.63) is 84.9 Å². The van der Waals surface area contributed by atoms with E-state index in [0.717, 1.165) is 67.8 Å². The summed E-state index contributed by atoms with van der Waals surface area (Å²) in [5.41, 5.74) is 9.69. The maximum Gasteiger partial charge on any atom is 0.135 e. The fourth-order valence-corrected chi connectivity index (χ4v) is 4.38. The predicted octanol–water partition coefficient (Wildman–Crippen LogP) is 5.29. The maximum atomic E-state index is 4.98. The molecule has 0 unspecified atom stereocenters. The smallest absolute Gasteiger partial charge is 0.135 e. The third kappa shape index (κ3) is 3.62. The standard InChI is InChI=1S/C27H23N7/c1-34(2)16-17-11-19(15-29-13-17)22-8-9-24-26(31-22)27(33-32-24)25-12-21-20(6-3-7-23(21)30-25)18-5-4-10-28-14-18/h3-15,30H,16H2,1-2H3,(H,32,33). The molecule has 6 rings (SSSR count). The van der Waals surface area contributed by atoms with Crippen LogP contribution in [0.2, 0.25) is 0 Å². The average Bonchev–Trinajstić information content (AvgIpc) is 3.48. The lowest BCUT2D eigenvalue weighted by Gasteiger charge is -2.10. The van der Waals surface area contributed by atoms with Gasteiger partial charge in [-0.05, 0) is 61.6 Å². The summed E-state index contributed by atoms with van der Waals surface area (Å²) < 4.78 is 0. The quantitative estimate of drug-likeness (QED) is 0.376. The van der Waals surface area contributed by atoms with Crippen molar-refractivity contribution in [2.75, 3.05) is 14.1 Å². The second-order valence-electron chi connectivity index (χ2n) is 8.68. The molecule has 166 valence electrons.